The average Bonchev–Trinajstić information content (AvgIpc) is 3.18. The van der Waals surface area contributed by atoms with Gasteiger partial charge < -0.3 is 34.4 Å². The number of methoxy groups -OCH3 is 1. The van der Waals surface area contributed by atoms with Gasteiger partial charge in [0.05, 0.1) is 30.5 Å². The third-order valence-electron chi connectivity index (χ3n) is 8.47. The average molecular weight is 502 g/mol. The number of aliphatic carboxylic acids is 1. The number of benzene rings is 1. The van der Waals surface area contributed by atoms with Crippen LogP contribution >= 0.6 is 0 Å². The molecule has 0 aromatic heterocycles. The highest BCUT2D eigenvalue weighted by Gasteiger charge is 2.72. The summed E-state index contributed by atoms with van der Waals surface area (Å²) < 4.78 is 17.7. The van der Waals surface area contributed by atoms with Gasteiger partial charge in [-0.15, -0.1) is 0 Å². The monoisotopic (exact) mass is 501 g/mol. The van der Waals surface area contributed by atoms with E-state index in [1.807, 2.05) is 19.2 Å². The van der Waals surface area contributed by atoms with Crippen molar-refractivity contribution in [1.82, 2.24) is 4.90 Å². The number of ether oxygens (including phenoxy) is 3. The quantitative estimate of drug-likeness (QED) is 0.441. The van der Waals surface area contributed by atoms with E-state index in [2.05, 4.69) is 4.90 Å². The summed E-state index contributed by atoms with van der Waals surface area (Å²) >= 11 is 0. The van der Waals surface area contributed by atoms with Crippen LogP contribution < -0.4 is 9.47 Å². The lowest BCUT2D eigenvalue weighted by Gasteiger charge is -2.61. The summed E-state index contributed by atoms with van der Waals surface area (Å²) in [6, 6.07) is 3.69. The first-order chi connectivity index (χ1) is 17.0. The van der Waals surface area contributed by atoms with Gasteiger partial charge in [0.1, 0.15) is 11.9 Å². The highest BCUT2D eigenvalue weighted by atomic mass is 16.6. The normalized spacial score (nSPS) is 31.4. The summed E-state index contributed by atoms with van der Waals surface area (Å²) in [5.41, 5.74) is -0.0464. The molecule has 2 aliphatic carbocycles. The molecule has 6 atom stereocenters. The third-order valence-corrected chi connectivity index (χ3v) is 8.47. The van der Waals surface area contributed by atoms with E-state index < -0.39 is 59.7 Å². The van der Waals surface area contributed by atoms with E-state index in [0.29, 0.717) is 30.9 Å². The number of hydrogen-bond donors (Lipinski definition) is 3. The van der Waals surface area contributed by atoms with Crippen molar-refractivity contribution in [1.29, 1.82) is 0 Å². The van der Waals surface area contributed by atoms with Gasteiger partial charge in [0.2, 0.25) is 0 Å². The van der Waals surface area contributed by atoms with Crippen LogP contribution in [0.5, 0.6) is 11.5 Å². The van der Waals surface area contributed by atoms with E-state index in [9.17, 15) is 29.7 Å². The molecule has 4 aliphatic rings. The fourth-order valence-electron chi connectivity index (χ4n) is 6.62. The van der Waals surface area contributed by atoms with E-state index in [-0.39, 0.29) is 18.2 Å². The number of likely N-dealkylation sites (N-methyl/N-ethyl adjacent to an activating group) is 1. The van der Waals surface area contributed by atoms with Gasteiger partial charge in [0, 0.05) is 24.4 Å². The fourth-order valence-corrected chi connectivity index (χ4v) is 6.62. The highest BCUT2D eigenvalue weighted by molar-refractivity contribution is 5.88. The number of carbonyl (C=O) groups excluding carboxylic acids is 2. The molecule has 0 unspecified atom stereocenters. The fraction of sp³-hybridized carbons (Fsp3) is 0.577. The first kappa shape index (κ1) is 24.7. The number of likely N-dealkylation sites (tertiary alicyclic amines) is 1. The predicted molar refractivity (Wildman–Crippen MR) is 125 cm³/mol. The van der Waals surface area contributed by atoms with Gasteiger partial charge in [0.15, 0.2) is 23.4 Å². The maximum atomic E-state index is 12.9. The molecule has 2 aliphatic heterocycles. The van der Waals surface area contributed by atoms with Crippen molar-refractivity contribution in [3.05, 3.63) is 35.1 Å². The van der Waals surface area contributed by atoms with Crippen LogP contribution in [0.1, 0.15) is 43.7 Å². The Morgan fingerprint density at radius 1 is 1.28 bits per heavy atom. The minimum atomic E-state index is -1.32. The number of carbonyl (C=O) groups is 3. The smallest absolute Gasteiger partial charge is 0.311 e. The molecule has 1 aromatic rings. The lowest BCUT2D eigenvalue weighted by Crippen LogP contribution is -2.74. The van der Waals surface area contributed by atoms with Crippen LogP contribution in [0, 0.1) is 5.92 Å². The number of nitrogens with zero attached hydrogens (tertiary/aromatic N) is 1. The second-order valence-electron chi connectivity index (χ2n) is 10.3. The van der Waals surface area contributed by atoms with Gasteiger partial charge in [-0.1, -0.05) is 6.07 Å². The van der Waals surface area contributed by atoms with Gasteiger partial charge in [-0.2, -0.15) is 0 Å². The maximum Gasteiger partial charge on any atom is 0.311 e. The summed E-state index contributed by atoms with van der Waals surface area (Å²) in [7, 11) is 3.54. The lowest BCUT2D eigenvalue weighted by molar-refractivity contribution is -0.170. The number of esters is 1. The molecule has 0 radical (unpaired) electrons. The number of aliphatic hydroxyl groups excluding tert-OH is 1. The molecule has 1 aromatic carbocycles. The first-order valence-corrected chi connectivity index (χ1v) is 12.2. The Bertz CT molecular complexity index is 1160. The number of hydrogen-bond acceptors (Lipinski definition) is 9. The van der Waals surface area contributed by atoms with E-state index in [4.69, 9.17) is 14.2 Å². The number of Topliss-reactive ketones (excluding diaryl/α,β-unsaturated/α-hetero) is 1. The molecular formula is C26H31NO9. The molecule has 3 N–H and O–H groups in total. The first-order valence-electron chi connectivity index (χ1n) is 12.2. The minimum absolute atomic E-state index is 0.152. The second-order valence-corrected chi connectivity index (χ2v) is 10.3. The molecule has 10 nitrogen and oxygen atoms in total. The highest BCUT2D eigenvalue weighted by Crippen LogP contribution is 2.65. The van der Waals surface area contributed by atoms with E-state index in [0.717, 1.165) is 11.1 Å². The number of carboxylic acid groups (broad SMARTS) is 1. The van der Waals surface area contributed by atoms with Crippen LogP contribution in [0.25, 0.3) is 0 Å². The van der Waals surface area contributed by atoms with Gasteiger partial charge in [0.25, 0.3) is 0 Å². The number of aliphatic hydroxyl groups is 2. The Kier molecular flexibility index (Phi) is 5.89. The molecular weight excluding hydrogens is 470 g/mol. The number of ketones is 1. The van der Waals surface area contributed by atoms with Crippen LogP contribution in [0.4, 0.5) is 0 Å². The van der Waals surface area contributed by atoms with E-state index in [1.165, 1.54) is 6.92 Å². The van der Waals surface area contributed by atoms with Crippen molar-refractivity contribution in [2.24, 2.45) is 5.92 Å². The van der Waals surface area contributed by atoms with Crippen molar-refractivity contribution in [3.63, 3.8) is 0 Å². The van der Waals surface area contributed by atoms with Crippen LogP contribution in [-0.2, 0) is 31.0 Å². The molecule has 1 spiro atoms. The summed E-state index contributed by atoms with van der Waals surface area (Å²) in [5.74, 6) is -2.83. The summed E-state index contributed by atoms with van der Waals surface area (Å²) in [6.45, 7) is 1.97. The lowest BCUT2D eigenvalue weighted by atomic mass is 9.50. The molecule has 1 fully saturated rings. The second kappa shape index (κ2) is 8.57. The van der Waals surface area contributed by atoms with Gasteiger partial charge in [-0.3, -0.25) is 14.4 Å². The predicted octanol–water partition coefficient (Wildman–Crippen LogP) is 0.947. The van der Waals surface area contributed by atoms with Gasteiger partial charge in [-0.05, 0) is 51.1 Å². The molecule has 0 saturated carbocycles. The molecule has 1 saturated heterocycles. The molecule has 2 heterocycles. The van der Waals surface area contributed by atoms with Crippen LogP contribution in [0.15, 0.2) is 24.0 Å². The number of carboxylic acids is 1. The van der Waals surface area contributed by atoms with Crippen LogP contribution in [0.3, 0.4) is 0 Å². The summed E-state index contributed by atoms with van der Waals surface area (Å²) in [6.07, 6.45) is -0.00622. The molecule has 10 heteroatoms. The topological polar surface area (TPSA) is 143 Å². The standard InChI is InChI=1S/C26H31NO9/c1-13(28)16(29)10-15(24(31)32)12-20(30)35-18-6-7-26(33)19-11-14-4-5-17(34-3)22-21(14)25(26,23(18)36-22)8-9-27(19)2/h4-6,13,15,19,23,28,33H,7-12H2,1-3H3,(H,31,32)/t13-,15-,19-,23+,25+,26-/m0/s1. The van der Waals surface area contributed by atoms with Crippen molar-refractivity contribution >= 4 is 17.7 Å². The number of rotatable bonds is 8. The van der Waals surface area contributed by atoms with Crippen LogP contribution in [0.2, 0.25) is 0 Å². The molecule has 0 amide bonds. The minimum Gasteiger partial charge on any atom is -0.493 e. The van der Waals surface area contributed by atoms with Gasteiger partial charge in [-0.25, -0.2) is 0 Å². The van der Waals surface area contributed by atoms with Crippen molar-refractivity contribution < 1.29 is 43.9 Å². The zero-order chi connectivity index (χ0) is 26.0. The van der Waals surface area contributed by atoms with E-state index in [1.54, 1.807) is 13.2 Å². The largest absolute Gasteiger partial charge is 0.493 e. The Morgan fingerprint density at radius 2 is 2.03 bits per heavy atom. The molecule has 36 heavy (non-hydrogen) atoms. The zero-order valence-corrected chi connectivity index (χ0v) is 20.5. The van der Waals surface area contributed by atoms with Crippen molar-refractivity contribution in [3.8, 4) is 11.5 Å². The third kappa shape index (κ3) is 3.38. The van der Waals surface area contributed by atoms with Gasteiger partial charge >= 0.3 is 11.9 Å². The van der Waals surface area contributed by atoms with Crippen LogP contribution in [-0.4, -0.2) is 82.5 Å². The molecule has 5 rings (SSSR count). The number of piperidine rings is 1. The molecule has 2 bridgehead atoms. The van der Waals surface area contributed by atoms with Crippen molar-refractivity contribution in [2.45, 2.75) is 68.3 Å². The Hall–Kier alpha value is -2.95. The summed E-state index contributed by atoms with van der Waals surface area (Å²) in [5, 5.41) is 31.1. The maximum absolute atomic E-state index is 12.9. The molecule has 194 valence electrons. The Balaban J connectivity index is 1.48. The Morgan fingerprint density at radius 3 is 2.69 bits per heavy atom. The zero-order valence-electron chi connectivity index (χ0n) is 20.5. The summed E-state index contributed by atoms with van der Waals surface area (Å²) in [4.78, 5) is 38.6. The Labute approximate surface area is 208 Å². The SMILES string of the molecule is COc1ccc2c3c1O[C@@H]1C(OC(=O)C[C@H](CC(=O)[C@H](C)O)C(=O)O)=CC[C@]4(O)[C@H](C2)N(C)CC[C@@]314. The van der Waals surface area contributed by atoms with Crippen molar-refractivity contribution in [2.75, 3.05) is 20.7 Å². The van der Waals surface area contributed by atoms with E-state index >= 15 is 0 Å².